The minimum atomic E-state index is 0.273. The third-order valence-electron chi connectivity index (χ3n) is 4.76. The average Bonchev–Trinajstić information content (AvgIpc) is 2.72. The Kier molecular flexibility index (Phi) is 6.56. The smallest absolute Gasteiger partial charge is 0.0783 e. The van der Waals surface area contributed by atoms with E-state index in [1.165, 1.54) is 16.7 Å². The standard InChI is InChI=1S/C24H27NO/c1-2-19-12-14-20(15-13-19)23-17-16-22(11-7-4-8-18-26)25-24(23)21-9-5-3-6-10-21/h3,5-6,9-10,12-17,26H,2,4,7-8,11,18H2,1H3. The fourth-order valence-corrected chi connectivity index (χ4v) is 3.20. The maximum Gasteiger partial charge on any atom is 0.0783 e. The van der Waals surface area contributed by atoms with E-state index in [0.29, 0.717) is 0 Å². The molecule has 0 spiro atoms. The second kappa shape index (κ2) is 9.30. The number of hydrogen-bond acceptors (Lipinski definition) is 2. The highest BCUT2D eigenvalue weighted by atomic mass is 16.2. The lowest BCUT2D eigenvalue weighted by molar-refractivity contribution is 0.283. The van der Waals surface area contributed by atoms with Gasteiger partial charge >= 0.3 is 0 Å². The topological polar surface area (TPSA) is 33.1 Å². The molecule has 2 heteroatoms. The molecule has 0 aliphatic carbocycles. The summed E-state index contributed by atoms with van der Waals surface area (Å²) in [4.78, 5) is 5.00. The van der Waals surface area contributed by atoms with Gasteiger partial charge in [-0.3, -0.25) is 4.98 Å². The van der Waals surface area contributed by atoms with Crippen molar-refractivity contribution in [2.24, 2.45) is 0 Å². The maximum absolute atomic E-state index is 8.94. The fourth-order valence-electron chi connectivity index (χ4n) is 3.20. The number of aliphatic hydroxyl groups excluding tert-OH is 1. The van der Waals surface area contributed by atoms with Gasteiger partial charge in [0.1, 0.15) is 0 Å². The van der Waals surface area contributed by atoms with E-state index >= 15 is 0 Å². The van der Waals surface area contributed by atoms with E-state index < -0.39 is 0 Å². The third kappa shape index (κ3) is 4.59. The summed E-state index contributed by atoms with van der Waals surface area (Å²) in [7, 11) is 0. The summed E-state index contributed by atoms with van der Waals surface area (Å²) < 4.78 is 0. The van der Waals surface area contributed by atoms with Crippen LogP contribution < -0.4 is 0 Å². The van der Waals surface area contributed by atoms with Crippen LogP contribution in [0, 0.1) is 0 Å². The van der Waals surface area contributed by atoms with Crippen LogP contribution in [0.3, 0.4) is 0 Å². The molecule has 0 radical (unpaired) electrons. The van der Waals surface area contributed by atoms with Crippen molar-refractivity contribution in [2.75, 3.05) is 6.61 Å². The normalized spacial score (nSPS) is 10.8. The van der Waals surface area contributed by atoms with Gasteiger partial charge in [0.25, 0.3) is 0 Å². The van der Waals surface area contributed by atoms with Gasteiger partial charge in [-0.05, 0) is 42.9 Å². The van der Waals surface area contributed by atoms with Gasteiger partial charge in [-0.25, -0.2) is 0 Å². The molecule has 3 aromatic rings. The molecule has 0 saturated heterocycles. The zero-order valence-corrected chi connectivity index (χ0v) is 15.5. The highest BCUT2D eigenvalue weighted by Crippen LogP contribution is 2.31. The lowest BCUT2D eigenvalue weighted by Gasteiger charge is -2.12. The van der Waals surface area contributed by atoms with E-state index in [9.17, 15) is 0 Å². The predicted molar refractivity (Wildman–Crippen MR) is 109 cm³/mol. The second-order valence-corrected chi connectivity index (χ2v) is 6.65. The predicted octanol–water partition coefficient (Wildman–Crippen LogP) is 5.68. The molecule has 0 bridgehead atoms. The summed E-state index contributed by atoms with van der Waals surface area (Å²) in [5.41, 5.74) is 7.06. The van der Waals surface area contributed by atoms with Crippen molar-refractivity contribution in [2.45, 2.75) is 39.0 Å². The highest BCUT2D eigenvalue weighted by Gasteiger charge is 2.10. The molecular formula is C24H27NO. The summed E-state index contributed by atoms with van der Waals surface area (Å²) in [6, 6.07) is 23.6. The van der Waals surface area contributed by atoms with Crippen LogP contribution in [0.5, 0.6) is 0 Å². The summed E-state index contributed by atoms with van der Waals surface area (Å²) in [5, 5.41) is 8.94. The van der Waals surface area contributed by atoms with Gasteiger partial charge in [-0.15, -0.1) is 0 Å². The van der Waals surface area contributed by atoms with Gasteiger partial charge < -0.3 is 5.11 Å². The number of aryl methyl sites for hydroxylation is 2. The van der Waals surface area contributed by atoms with Gasteiger partial charge in [-0.1, -0.05) is 74.0 Å². The average molecular weight is 345 g/mol. The largest absolute Gasteiger partial charge is 0.396 e. The molecule has 26 heavy (non-hydrogen) atoms. The summed E-state index contributed by atoms with van der Waals surface area (Å²) in [6.07, 6.45) is 4.98. The monoisotopic (exact) mass is 345 g/mol. The van der Waals surface area contributed by atoms with E-state index in [-0.39, 0.29) is 6.61 Å². The van der Waals surface area contributed by atoms with Crippen LogP contribution in [0.1, 0.15) is 37.4 Å². The SMILES string of the molecule is CCc1ccc(-c2ccc(CCCCCO)nc2-c2ccccc2)cc1. The molecule has 2 nitrogen and oxygen atoms in total. The van der Waals surface area contributed by atoms with Crippen molar-refractivity contribution < 1.29 is 5.11 Å². The second-order valence-electron chi connectivity index (χ2n) is 6.65. The molecule has 1 aromatic heterocycles. The van der Waals surface area contributed by atoms with E-state index in [0.717, 1.165) is 49.1 Å². The van der Waals surface area contributed by atoms with Gasteiger partial charge in [0.2, 0.25) is 0 Å². The summed E-state index contributed by atoms with van der Waals surface area (Å²) >= 11 is 0. The van der Waals surface area contributed by atoms with Crippen LogP contribution in [0.15, 0.2) is 66.7 Å². The molecule has 0 aliphatic heterocycles. The lowest BCUT2D eigenvalue weighted by atomic mass is 9.97. The molecule has 0 fully saturated rings. The van der Waals surface area contributed by atoms with Crippen LogP contribution in [0.4, 0.5) is 0 Å². The Morgan fingerprint density at radius 2 is 1.54 bits per heavy atom. The first-order valence-electron chi connectivity index (χ1n) is 9.57. The van der Waals surface area contributed by atoms with Crippen LogP contribution in [0.2, 0.25) is 0 Å². The Bertz CT molecular complexity index is 809. The van der Waals surface area contributed by atoms with Gasteiger partial charge in [-0.2, -0.15) is 0 Å². The number of benzene rings is 2. The van der Waals surface area contributed by atoms with Crippen molar-refractivity contribution in [3.8, 4) is 22.4 Å². The van der Waals surface area contributed by atoms with Crippen molar-refractivity contribution in [3.63, 3.8) is 0 Å². The number of aromatic nitrogens is 1. The third-order valence-corrected chi connectivity index (χ3v) is 4.76. The van der Waals surface area contributed by atoms with E-state index in [1.54, 1.807) is 0 Å². The van der Waals surface area contributed by atoms with Gasteiger partial charge in [0.05, 0.1) is 5.69 Å². The molecule has 0 saturated carbocycles. The Hall–Kier alpha value is -2.45. The molecule has 134 valence electrons. The quantitative estimate of drug-likeness (QED) is 0.533. The highest BCUT2D eigenvalue weighted by molar-refractivity contribution is 5.80. The zero-order valence-electron chi connectivity index (χ0n) is 15.5. The van der Waals surface area contributed by atoms with Crippen LogP contribution in [-0.4, -0.2) is 16.7 Å². The van der Waals surface area contributed by atoms with Crippen molar-refractivity contribution in [1.29, 1.82) is 0 Å². The Morgan fingerprint density at radius 3 is 2.23 bits per heavy atom. The number of hydrogen-bond donors (Lipinski definition) is 1. The van der Waals surface area contributed by atoms with Crippen LogP contribution >= 0.6 is 0 Å². The van der Waals surface area contributed by atoms with Gasteiger partial charge in [0.15, 0.2) is 0 Å². The lowest BCUT2D eigenvalue weighted by Crippen LogP contribution is -1.97. The van der Waals surface area contributed by atoms with E-state index in [4.69, 9.17) is 10.1 Å². The Morgan fingerprint density at radius 1 is 0.769 bits per heavy atom. The number of nitrogens with zero attached hydrogens (tertiary/aromatic N) is 1. The molecule has 0 aliphatic rings. The first-order valence-corrected chi connectivity index (χ1v) is 9.57. The van der Waals surface area contributed by atoms with E-state index in [2.05, 4.69) is 67.6 Å². The van der Waals surface area contributed by atoms with Crippen molar-refractivity contribution >= 4 is 0 Å². The molecular weight excluding hydrogens is 318 g/mol. The summed E-state index contributed by atoms with van der Waals surface area (Å²) in [5.74, 6) is 0. The minimum absolute atomic E-state index is 0.273. The number of pyridine rings is 1. The number of aliphatic hydroxyl groups is 1. The molecule has 3 rings (SSSR count). The van der Waals surface area contributed by atoms with Crippen molar-refractivity contribution in [1.82, 2.24) is 4.98 Å². The zero-order chi connectivity index (χ0) is 18.2. The Balaban J connectivity index is 1.94. The molecule has 2 aromatic carbocycles. The molecule has 0 atom stereocenters. The Labute approximate surface area is 156 Å². The molecule has 0 amide bonds. The summed E-state index contributed by atoms with van der Waals surface area (Å²) in [6.45, 7) is 2.45. The first-order chi connectivity index (χ1) is 12.8. The first kappa shape index (κ1) is 18.3. The van der Waals surface area contributed by atoms with Crippen LogP contribution in [-0.2, 0) is 12.8 Å². The number of unbranched alkanes of at least 4 members (excludes halogenated alkanes) is 2. The van der Waals surface area contributed by atoms with E-state index in [1.807, 2.05) is 6.07 Å². The van der Waals surface area contributed by atoms with Crippen LogP contribution in [0.25, 0.3) is 22.4 Å². The number of rotatable bonds is 8. The fraction of sp³-hybridized carbons (Fsp3) is 0.292. The van der Waals surface area contributed by atoms with Crippen molar-refractivity contribution in [3.05, 3.63) is 78.0 Å². The molecule has 1 heterocycles. The van der Waals surface area contributed by atoms with Gasteiger partial charge in [0, 0.05) is 23.4 Å². The maximum atomic E-state index is 8.94. The molecule has 0 unspecified atom stereocenters. The minimum Gasteiger partial charge on any atom is -0.396 e. The molecule has 1 N–H and O–H groups in total.